The third-order valence-corrected chi connectivity index (χ3v) is 4.84. The molecule has 0 aromatic rings. The van der Waals surface area contributed by atoms with E-state index in [4.69, 9.17) is 18.0 Å². The summed E-state index contributed by atoms with van der Waals surface area (Å²) in [4.78, 5) is 3.36. The van der Waals surface area contributed by atoms with Crippen LogP contribution in [0.25, 0.3) is 0 Å². The maximum Gasteiger partial charge on any atom is 0.0784 e. The molecule has 106 valence electrons. The van der Waals surface area contributed by atoms with Gasteiger partial charge in [0.05, 0.1) is 4.99 Å². The fourth-order valence-corrected chi connectivity index (χ4v) is 2.96. The minimum atomic E-state index is 0.0192. The first-order valence-corrected chi connectivity index (χ1v) is 7.92. The van der Waals surface area contributed by atoms with Crippen molar-refractivity contribution in [1.29, 1.82) is 0 Å². The highest BCUT2D eigenvalue weighted by molar-refractivity contribution is 7.80. The highest BCUT2D eigenvalue weighted by atomic mass is 32.1. The van der Waals surface area contributed by atoms with Gasteiger partial charge in [0.1, 0.15) is 0 Å². The van der Waals surface area contributed by atoms with Gasteiger partial charge in [0.15, 0.2) is 0 Å². The minimum absolute atomic E-state index is 0.0192. The van der Waals surface area contributed by atoms with Crippen LogP contribution in [0.4, 0.5) is 0 Å². The Morgan fingerprint density at radius 3 is 2.72 bits per heavy atom. The summed E-state index contributed by atoms with van der Waals surface area (Å²) >= 11 is 5.13. The molecular formula is C15H30N2S. The van der Waals surface area contributed by atoms with Gasteiger partial charge in [0.2, 0.25) is 0 Å². The Bertz CT molecular complexity index is 261. The standard InChI is InChI=1S/C15H30N2S/c1-4-8-13-9-5-6-11-17(13)12-7-10-15(2,3)14(16)18/h13H,4-12H2,1-3H3,(H2,16,18). The van der Waals surface area contributed by atoms with E-state index in [1.165, 1.54) is 51.6 Å². The maximum absolute atomic E-state index is 5.78. The predicted octanol–water partition coefficient (Wildman–Crippen LogP) is 3.73. The number of rotatable bonds is 7. The molecule has 1 unspecified atom stereocenters. The molecule has 1 saturated heterocycles. The Balaban J connectivity index is 2.34. The van der Waals surface area contributed by atoms with Crippen molar-refractivity contribution in [3.8, 4) is 0 Å². The largest absolute Gasteiger partial charge is 0.393 e. The molecule has 2 N–H and O–H groups in total. The fourth-order valence-electron chi connectivity index (χ4n) is 2.86. The van der Waals surface area contributed by atoms with Gasteiger partial charge in [-0.3, -0.25) is 0 Å². The lowest BCUT2D eigenvalue weighted by atomic mass is 9.87. The molecule has 1 aliphatic heterocycles. The molecule has 0 saturated carbocycles. The zero-order valence-corrected chi connectivity index (χ0v) is 13.2. The van der Waals surface area contributed by atoms with E-state index in [1.807, 2.05) is 0 Å². The first-order valence-electron chi connectivity index (χ1n) is 7.51. The van der Waals surface area contributed by atoms with Crippen LogP contribution < -0.4 is 5.73 Å². The molecule has 0 radical (unpaired) electrons. The van der Waals surface area contributed by atoms with Crippen LogP contribution in [0.15, 0.2) is 0 Å². The molecule has 0 aromatic heterocycles. The minimum Gasteiger partial charge on any atom is -0.393 e. The van der Waals surface area contributed by atoms with Gasteiger partial charge < -0.3 is 10.6 Å². The quantitative estimate of drug-likeness (QED) is 0.715. The van der Waals surface area contributed by atoms with Crippen molar-refractivity contribution in [3.63, 3.8) is 0 Å². The Labute approximate surface area is 118 Å². The molecule has 0 spiro atoms. The molecule has 0 aliphatic carbocycles. The number of piperidine rings is 1. The van der Waals surface area contributed by atoms with E-state index >= 15 is 0 Å². The number of thiocarbonyl (C=S) groups is 1. The summed E-state index contributed by atoms with van der Waals surface area (Å²) < 4.78 is 0. The number of nitrogens with two attached hydrogens (primary N) is 1. The molecule has 1 heterocycles. The van der Waals surface area contributed by atoms with Crippen molar-refractivity contribution < 1.29 is 0 Å². The third-order valence-electron chi connectivity index (χ3n) is 4.29. The smallest absolute Gasteiger partial charge is 0.0784 e. The second kappa shape index (κ2) is 7.44. The highest BCUT2D eigenvalue weighted by Gasteiger charge is 2.24. The second-order valence-corrected chi connectivity index (χ2v) is 6.77. The fraction of sp³-hybridized carbons (Fsp3) is 0.933. The number of hydrogen-bond donors (Lipinski definition) is 1. The predicted molar refractivity (Wildman–Crippen MR) is 83.9 cm³/mol. The summed E-state index contributed by atoms with van der Waals surface area (Å²) in [5, 5.41) is 0. The van der Waals surface area contributed by atoms with Crippen LogP contribution in [0.1, 0.15) is 65.7 Å². The van der Waals surface area contributed by atoms with Gasteiger partial charge in [-0.05, 0) is 45.2 Å². The Morgan fingerprint density at radius 1 is 1.39 bits per heavy atom. The van der Waals surface area contributed by atoms with E-state index in [-0.39, 0.29) is 5.41 Å². The van der Waals surface area contributed by atoms with E-state index < -0.39 is 0 Å². The van der Waals surface area contributed by atoms with E-state index in [2.05, 4.69) is 25.7 Å². The molecule has 0 aromatic carbocycles. The van der Waals surface area contributed by atoms with Gasteiger partial charge in [0.25, 0.3) is 0 Å². The molecule has 0 amide bonds. The SMILES string of the molecule is CCCC1CCCCN1CCCC(C)(C)C(N)=S. The normalized spacial score (nSPS) is 22.1. The molecule has 1 atom stereocenters. The zero-order chi connectivity index (χ0) is 13.6. The van der Waals surface area contributed by atoms with E-state index in [1.54, 1.807) is 0 Å². The average molecular weight is 270 g/mol. The van der Waals surface area contributed by atoms with Gasteiger partial charge >= 0.3 is 0 Å². The van der Waals surface area contributed by atoms with Crippen LogP contribution in [-0.2, 0) is 0 Å². The van der Waals surface area contributed by atoms with Crippen molar-refractivity contribution in [2.24, 2.45) is 11.1 Å². The number of nitrogens with zero attached hydrogens (tertiary/aromatic N) is 1. The monoisotopic (exact) mass is 270 g/mol. The lowest BCUT2D eigenvalue weighted by Gasteiger charge is -2.36. The van der Waals surface area contributed by atoms with Crippen molar-refractivity contribution in [2.45, 2.75) is 71.8 Å². The first kappa shape index (κ1) is 15.9. The van der Waals surface area contributed by atoms with Crippen LogP contribution >= 0.6 is 12.2 Å². The molecule has 1 rings (SSSR count). The van der Waals surface area contributed by atoms with Crippen LogP contribution in [0.2, 0.25) is 0 Å². The summed E-state index contributed by atoms with van der Waals surface area (Å²) in [7, 11) is 0. The third kappa shape index (κ3) is 4.85. The molecule has 1 aliphatic rings. The number of hydrogen-bond acceptors (Lipinski definition) is 2. The summed E-state index contributed by atoms with van der Waals surface area (Å²) in [6.07, 6.45) is 9.17. The van der Waals surface area contributed by atoms with Crippen molar-refractivity contribution in [1.82, 2.24) is 4.90 Å². The van der Waals surface area contributed by atoms with Crippen LogP contribution in [-0.4, -0.2) is 29.0 Å². The van der Waals surface area contributed by atoms with Crippen LogP contribution in [0.3, 0.4) is 0 Å². The number of likely N-dealkylation sites (tertiary alicyclic amines) is 1. The van der Waals surface area contributed by atoms with Crippen molar-refractivity contribution in [2.75, 3.05) is 13.1 Å². The van der Waals surface area contributed by atoms with Crippen LogP contribution in [0, 0.1) is 5.41 Å². The first-order chi connectivity index (χ1) is 8.47. The molecule has 3 heteroatoms. The van der Waals surface area contributed by atoms with Gasteiger partial charge in [-0.25, -0.2) is 0 Å². The van der Waals surface area contributed by atoms with Crippen LogP contribution in [0.5, 0.6) is 0 Å². The van der Waals surface area contributed by atoms with E-state index in [0.717, 1.165) is 12.5 Å². The summed E-state index contributed by atoms with van der Waals surface area (Å²) in [5.41, 5.74) is 5.80. The highest BCUT2D eigenvalue weighted by Crippen LogP contribution is 2.25. The lowest BCUT2D eigenvalue weighted by molar-refractivity contribution is 0.134. The van der Waals surface area contributed by atoms with Gasteiger partial charge in [-0.2, -0.15) is 0 Å². The molecule has 0 bridgehead atoms. The van der Waals surface area contributed by atoms with Crippen molar-refractivity contribution in [3.05, 3.63) is 0 Å². The summed E-state index contributed by atoms with van der Waals surface area (Å²) in [6, 6.07) is 0.830. The van der Waals surface area contributed by atoms with Crippen molar-refractivity contribution >= 4 is 17.2 Å². The Morgan fingerprint density at radius 2 is 2.11 bits per heavy atom. The van der Waals surface area contributed by atoms with Gasteiger partial charge in [-0.15, -0.1) is 0 Å². The Kier molecular flexibility index (Phi) is 6.58. The molecule has 1 fully saturated rings. The molecule has 2 nitrogen and oxygen atoms in total. The summed E-state index contributed by atoms with van der Waals surface area (Å²) in [5.74, 6) is 0. The zero-order valence-electron chi connectivity index (χ0n) is 12.4. The molecular weight excluding hydrogens is 240 g/mol. The maximum atomic E-state index is 5.78. The lowest BCUT2D eigenvalue weighted by Crippen LogP contribution is -2.40. The average Bonchev–Trinajstić information content (AvgIpc) is 2.31. The van der Waals surface area contributed by atoms with E-state index in [9.17, 15) is 0 Å². The van der Waals surface area contributed by atoms with Gasteiger partial charge in [0, 0.05) is 11.5 Å². The van der Waals surface area contributed by atoms with Gasteiger partial charge in [-0.1, -0.05) is 45.8 Å². The topological polar surface area (TPSA) is 29.3 Å². The van der Waals surface area contributed by atoms with E-state index in [0.29, 0.717) is 4.99 Å². The Hall–Kier alpha value is -0.150. The second-order valence-electron chi connectivity index (χ2n) is 6.33. The summed E-state index contributed by atoms with van der Waals surface area (Å²) in [6.45, 7) is 9.13. The molecule has 18 heavy (non-hydrogen) atoms.